The number of aryl methyl sites for hydroxylation is 1. The molecule has 0 saturated carbocycles. The average molecular weight is 251 g/mol. The van der Waals surface area contributed by atoms with Crippen molar-refractivity contribution in [2.24, 2.45) is 0 Å². The van der Waals surface area contributed by atoms with Gasteiger partial charge in [-0.1, -0.05) is 17.8 Å². The fraction of sp³-hybridized carbons (Fsp3) is 0.273. The average Bonchev–Trinajstić information content (AvgIpc) is 2.73. The third-order valence-corrected chi connectivity index (χ3v) is 3.05. The fourth-order valence-corrected chi connectivity index (χ4v) is 2.10. The van der Waals surface area contributed by atoms with Crippen LogP contribution in [0.5, 0.6) is 5.75 Å². The second-order valence-electron chi connectivity index (χ2n) is 3.45. The van der Waals surface area contributed by atoms with E-state index in [0.29, 0.717) is 22.6 Å². The van der Waals surface area contributed by atoms with E-state index in [4.69, 9.17) is 14.9 Å². The van der Waals surface area contributed by atoms with Crippen molar-refractivity contribution < 1.29 is 9.15 Å². The second kappa shape index (κ2) is 5.09. The van der Waals surface area contributed by atoms with E-state index in [1.807, 2.05) is 18.2 Å². The van der Waals surface area contributed by atoms with E-state index in [9.17, 15) is 0 Å². The smallest absolute Gasteiger partial charge is 0.276 e. The van der Waals surface area contributed by atoms with Gasteiger partial charge in [-0.2, -0.15) is 0 Å². The summed E-state index contributed by atoms with van der Waals surface area (Å²) in [6, 6.07) is 5.70. The van der Waals surface area contributed by atoms with Gasteiger partial charge >= 0.3 is 0 Å². The van der Waals surface area contributed by atoms with Gasteiger partial charge in [0.05, 0.1) is 12.8 Å². The molecule has 0 saturated heterocycles. The van der Waals surface area contributed by atoms with Gasteiger partial charge in [-0.3, -0.25) is 0 Å². The number of hydrogen-bond donors (Lipinski definition) is 1. The van der Waals surface area contributed by atoms with E-state index in [1.165, 1.54) is 11.8 Å². The molecule has 6 heteroatoms. The van der Waals surface area contributed by atoms with Crippen molar-refractivity contribution in [1.29, 1.82) is 0 Å². The summed E-state index contributed by atoms with van der Waals surface area (Å²) >= 11 is 1.48. The maximum absolute atomic E-state index is 5.82. The molecule has 1 heterocycles. The molecule has 90 valence electrons. The molecule has 0 amide bonds. The van der Waals surface area contributed by atoms with Gasteiger partial charge in [0.2, 0.25) is 5.89 Å². The third-order valence-electron chi connectivity index (χ3n) is 2.16. The summed E-state index contributed by atoms with van der Waals surface area (Å²) in [6.07, 6.45) is 0. The highest BCUT2D eigenvalue weighted by molar-refractivity contribution is 7.98. The van der Waals surface area contributed by atoms with Gasteiger partial charge in [0.15, 0.2) is 0 Å². The highest BCUT2D eigenvalue weighted by Gasteiger charge is 2.05. The van der Waals surface area contributed by atoms with Crippen molar-refractivity contribution in [3.63, 3.8) is 0 Å². The maximum atomic E-state index is 5.82. The van der Waals surface area contributed by atoms with E-state index >= 15 is 0 Å². The van der Waals surface area contributed by atoms with Gasteiger partial charge < -0.3 is 14.9 Å². The summed E-state index contributed by atoms with van der Waals surface area (Å²) < 4.78 is 10.4. The quantitative estimate of drug-likeness (QED) is 0.663. The molecule has 2 aromatic rings. The SMILES string of the molecule is COc1ccc(CSc2nnc(C)o2)cc1N. The van der Waals surface area contributed by atoms with Crippen molar-refractivity contribution in [3.8, 4) is 5.75 Å². The Morgan fingerprint density at radius 2 is 2.24 bits per heavy atom. The lowest BCUT2D eigenvalue weighted by Gasteiger charge is -2.05. The molecule has 0 atom stereocenters. The number of nitrogens with zero attached hydrogens (tertiary/aromatic N) is 2. The molecule has 0 aliphatic rings. The minimum absolute atomic E-state index is 0.567. The minimum Gasteiger partial charge on any atom is -0.495 e. The zero-order chi connectivity index (χ0) is 12.3. The van der Waals surface area contributed by atoms with E-state index in [2.05, 4.69) is 10.2 Å². The van der Waals surface area contributed by atoms with Crippen molar-refractivity contribution in [2.45, 2.75) is 17.9 Å². The van der Waals surface area contributed by atoms with Crippen molar-refractivity contribution in [1.82, 2.24) is 10.2 Å². The Balaban J connectivity index is 2.02. The predicted molar refractivity (Wildman–Crippen MR) is 66.0 cm³/mol. The standard InChI is InChI=1S/C11H13N3O2S/c1-7-13-14-11(16-7)17-6-8-3-4-10(15-2)9(12)5-8/h3-5H,6,12H2,1-2H3. The van der Waals surface area contributed by atoms with Gasteiger partial charge in [0.25, 0.3) is 5.22 Å². The van der Waals surface area contributed by atoms with Crippen LogP contribution in [0.3, 0.4) is 0 Å². The number of aromatic nitrogens is 2. The molecule has 2 rings (SSSR count). The van der Waals surface area contributed by atoms with Crippen molar-refractivity contribution >= 4 is 17.4 Å². The molecule has 5 nitrogen and oxygen atoms in total. The first-order valence-electron chi connectivity index (χ1n) is 5.04. The summed E-state index contributed by atoms with van der Waals surface area (Å²) in [6.45, 7) is 1.77. The monoisotopic (exact) mass is 251 g/mol. The normalized spacial score (nSPS) is 10.5. The Labute approximate surface area is 103 Å². The lowest BCUT2D eigenvalue weighted by Crippen LogP contribution is -1.93. The van der Waals surface area contributed by atoms with E-state index in [1.54, 1.807) is 14.0 Å². The largest absolute Gasteiger partial charge is 0.495 e. The summed E-state index contributed by atoms with van der Waals surface area (Å²) in [4.78, 5) is 0. The molecule has 1 aromatic carbocycles. The van der Waals surface area contributed by atoms with Gasteiger partial charge in [0, 0.05) is 12.7 Å². The number of anilines is 1. The number of nitrogens with two attached hydrogens (primary N) is 1. The van der Waals surface area contributed by atoms with Crippen LogP contribution in [-0.2, 0) is 5.75 Å². The van der Waals surface area contributed by atoms with Crippen molar-refractivity contribution in [3.05, 3.63) is 29.7 Å². The Morgan fingerprint density at radius 3 is 2.82 bits per heavy atom. The predicted octanol–water partition coefficient (Wildman–Crippen LogP) is 2.26. The van der Waals surface area contributed by atoms with Crippen LogP contribution in [0.4, 0.5) is 5.69 Å². The molecule has 1 aromatic heterocycles. The molecule has 2 N–H and O–H groups in total. The van der Waals surface area contributed by atoms with Crippen LogP contribution in [0, 0.1) is 6.92 Å². The summed E-state index contributed by atoms with van der Waals surface area (Å²) in [5.74, 6) is 1.99. The highest BCUT2D eigenvalue weighted by Crippen LogP contribution is 2.26. The van der Waals surface area contributed by atoms with Crippen LogP contribution in [-0.4, -0.2) is 17.3 Å². The Hall–Kier alpha value is -1.69. The van der Waals surface area contributed by atoms with E-state index in [0.717, 1.165) is 11.3 Å². The molecule has 0 radical (unpaired) electrons. The lowest BCUT2D eigenvalue weighted by molar-refractivity contribution is 0.417. The third kappa shape index (κ3) is 2.91. The van der Waals surface area contributed by atoms with Gasteiger partial charge in [-0.15, -0.1) is 10.2 Å². The zero-order valence-corrected chi connectivity index (χ0v) is 10.5. The first kappa shape index (κ1) is 11.8. The molecule has 0 aliphatic carbocycles. The minimum atomic E-state index is 0.567. The molecule has 0 aliphatic heterocycles. The van der Waals surface area contributed by atoms with Gasteiger partial charge in [0.1, 0.15) is 5.75 Å². The van der Waals surface area contributed by atoms with Crippen LogP contribution in [0.1, 0.15) is 11.5 Å². The molecule has 17 heavy (non-hydrogen) atoms. The van der Waals surface area contributed by atoms with Crippen LogP contribution in [0.15, 0.2) is 27.8 Å². The van der Waals surface area contributed by atoms with Crippen LogP contribution in [0.25, 0.3) is 0 Å². The Morgan fingerprint density at radius 1 is 1.41 bits per heavy atom. The van der Waals surface area contributed by atoms with Crippen LogP contribution in [0.2, 0.25) is 0 Å². The number of nitrogen functional groups attached to an aromatic ring is 1. The number of benzene rings is 1. The van der Waals surface area contributed by atoms with Gasteiger partial charge in [-0.25, -0.2) is 0 Å². The van der Waals surface area contributed by atoms with Crippen LogP contribution >= 0.6 is 11.8 Å². The molecule has 0 spiro atoms. The van der Waals surface area contributed by atoms with Crippen molar-refractivity contribution in [2.75, 3.05) is 12.8 Å². The molecule has 0 fully saturated rings. The first-order chi connectivity index (χ1) is 8.19. The molecule has 0 bridgehead atoms. The molecular weight excluding hydrogens is 238 g/mol. The first-order valence-corrected chi connectivity index (χ1v) is 6.03. The fourth-order valence-electron chi connectivity index (χ4n) is 1.36. The highest BCUT2D eigenvalue weighted by atomic mass is 32.2. The lowest BCUT2D eigenvalue weighted by atomic mass is 10.2. The maximum Gasteiger partial charge on any atom is 0.276 e. The Bertz CT molecular complexity index is 513. The summed E-state index contributed by atoms with van der Waals surface area (Å²) in [7, 11) is 1.60. The van der Waals surface area contributed by atoms with Gasteiger partial charge in [-0.05, 0) is 17.7 Å². The Kier molecular flexibility index (Phi) is 3.53. The van der Waals surface area contributed by atoms with Crippen LogP contribution < -0.4 is 10.5 Å². The van der Waals surface area contributed by atoms with E-state index < -0.39 is 0 Å². The zero-order valence-electron chi connectivity index (χ0n) is 9.64. The number of hydrogen-bond acceptors (Lipinski definition) is 6. The topological polar surface area (TPSA) is 74.2 Å². The number of ether oxygens (including phenoxy) is 1. The second-order valence-corrected chi connectivity index (χ2v) is 4.38. The number of thioether (sulfide) groups is 1. The summed E-state index contributed by atoms with van der Waals surface area (Å²) in [5, 5.41) is 8.24. The van der Waals surface area contributed by atoms with E-state index in [-0.39, 0.29) is 0 Å². The molecule has 0 unspecified atom stereocenters. The summed E-state index contributed by atoms with van der Waals surface area (Å²) in [5.41, 5.74) is 7.54. The number of methoxy groups -OCH3 is 1. The number of rotatable bonds is 4. The molecular formula is C11H13N3O2S.